The summed E-state index contributed by atoms with van der Waals surface area (Å²) in [5.41, 5.74) is 1.71. The predicted octanol–water partition coefficient (Wildman–Crippen LogP) is 2.24. The third-order valence-corrected chi connectivity index (χ3v) is 2.56. The Hall–Kier alpha value is -1.51. The molecule has 0 atom stereocenters. The van der Waals surface area contributed by atoms with Crippen molar-refractivity contribution in [1.29, 1.82) is 0 Å². The molecule has 0 fully saturated rings. The van der Waals surface area contributed by atoms with Crippen molar-refractivity contribution < 1.29 is 17.9 Å². The third kappa shape index (κ3) is 4.87. The SMILES string of the molecule is COCCN=C(NN)Nc1ccc(C(F)(F)F)cc1Cl. The van der Waals surface area contributed by atoms with Gasteiger partial charge in [-0.3, -0.25) is 5.43 Å². The first kappa shape index (κ1) is 16.5. The van der Waals surface area contributed by atoms with Crippen molar-refractivity contribution in [2.45, 2.75) is 6.18 Å². The highest BCUT2D eigenvalue weighted by molar-refractivity contribution is 6.33. The van der Waals surface area contributed by atoms with Gasteiger partial charge in [-0.1, -0.05) is 11.6 Å². The third-order valence-electron chi connectivity index (χ3n) is 2.25. The lowest BCUT2D eigenvalue weighted by Crippen LogP contribution is -2.36. The van der Waals surface area contributed by atoms with Crippen LogP contribution in [-0.2, 0) is 10.9 Å². The first-order valence-electron chi connectivity index (χ1n) is 5.52. The number of hydrogen-bond acceptors (Lipinski definition) is 3. The van der Waals surface area contributed by atoms with Gasteiger partial charge in [-0.25, -0.2) is 10.8 Å². The Kier molecular flexibility index (Phi) is 6.05. The van der Waals surface area contributed by atoms with E-state index in [0.29, 0.717) is 13.2 Å². The zero-order chi connectivity index (χ0) is 15.2. The number of hydrogen-bond donors (Lipinski definition) is 3. The molecule has 0 amide bonds. The number of alkyl halides is 3. The molecule has 0 spiro atoms. The Morgan fingerprint density at radius 3 is 2.65 bits per heavy atom. The number of methoxy groups -OCH3 is 1. The van der Waals surface area contributed by atoms with Gasteiger partial charge in [0.05, 0.1) is 29.4 Å². The number of ether oxygens (including phenoxy) is 1. The highest BCUT2D eigenvalue weighted by Gasteiger charge is 2.30. The van der Waals surface area contributed by atoms with E-state index in [0.717, 1.165) is 12.1 Å². The van der Waals surface area contributed by atoms with Gasteiger partial charge in [0.1, 0.15) is 0 Å². The van der Waals surface area contributed by atoms with Gasteiger partial charge in [-0.15, -0.1) is 0 Å². The summed E-state index contributed by atoms with van der Waals surface area (Å²) in [5.74, 6) is 5.41. The highest BCUT2D eigenvalue weighted by Crippen LogP contribution is 2.33. The van der Waals surface area contributed by atoms with Crippen LogP contribution in [0, 0.1) is 0 Å². The van der Waals surface area contributed by atoms with Crippen LogP contribution in [0.4, 0.5) is 18.9 Å². The molecule has 9 heteroatoms. The van der Waals surface area contributed by atoms with Crippen molar-refractivity contribution in [2.75, 3.05) is 25.6 Å². The minimum Gasteiger partial charge on any atom is -0.383 e. The topological polar surface area (TPSA) is 71.7 Å². The summed E-state index contributed by atoms with van der Waals surface area (Å²) >= 11 is 5.79. The molecule has 5 nitrogen and oxygen atoms in total. The fraction of sp³-hybridized carbons (Fsp3) is 0.364. The van der Waals surface area contributed by atoms with Gasteiger partial charge >= 0.3 is 6.18 Å². The zero-order valence-electron chi connectivity index (χ0n) is 10.6. The molecule has 0 aromatic heterocycles. The summed E-state index contributed by atoms with van der Waals surface area (Å²) in [5, 5.41) is 2.61. The molecule has 1 rings (SSSR count). The van der Waals surface area contributed by atoms with Gasteiger partial charge in [0.15, 0.2) is 0 Å². The Morgan fingerprint density at radius 1 is 1.45 bits per heavy atom. The van der Waals surface area contributed by atoms with Crippen LogP contribution in [0.15, 0.2) is 23.2 Å². The second-order valence-corrected chi connectivity index (χ2v) is 4.09. The highest BCUT2D eigenvalue weighted by atomic mass is 35.5. The van der Waals surface area contributed by atoms with Gasteiger partial charge in [0, 0.05) is 7.11 Å². The number of anilines is 1. The molecule has 0 aliphatic carbocycles. The normalized spacial score (nSPS) is 12.4. The van der Waals surface area contributed by atoms with Crippen LogP contribution in [0.3, 0.4) is 0 Å². The summed E-state index contributed by atoms with van der Waals surface area (Å²) in [6.07, 6.45) is -4.44. The average Bonchev–Trinajstić information content (AvgIpc) is 2.38. The minimum atomic E-state index is -4.44. The number of nitrogens with zero attached hydrogens (tertiary/aromatic N) is 1. The van der Waals surface area contributed by atoms with E-state index in [2.05, 4.69) is 15.7 Å². The van der Waals surface area contributed by atoms with Crippen molar-refractivity contribution in [3.8, 4) is 0 Å². The maximum Gasteiger partial charge on any atom is 0.416 e. The van der Waals surface area contributed by atoms with Crippen LogP contribution in [0.25, 0.3) is 0 Å². The molecule has 0 saturated heterocycles. The number of rotatable bonds is 4. The lowest BCUT2D eigenvalue weighted by Gasteiger charge is -2.13. The predicted molar refractivity (Wildman–Crippen MR) is 71.6 cm³/mol. The summed E-state index contributed by atoms with van der Waals surface area (Å²) < 4.78 is 42.3. The monoisotopic (exact) mass is 310 g/mol. The lowest BCUT2D eigenvalue weighted by atomic mass is 10.2. The molecule has 20 heavy (non-hydrogen) atoms. The van der Waals surface area contributed by atoms with Crippen LogP contribution < -0.4 is 16.6 Å². The second kappa shape index (κ2) is 7.32. The van der Waals surface area contributed by atoms with E-state index in [4.69, 9.17) is 22.2 Å². The quantitative estimate of drug-likeness (QED) is 0.262. The van der Waals surface area contributed by atoms with E-state index in [1.807, 2.05) is 0 Å². The molecular weight excluding hydrogens is 297 g/mol. The summed E-state index contributed by atoms with van der Waals surface area (Å²) in [6, 6.07) is 2.94. The van der Waals surface area contributed by atoms with Gasteiger partial charge < -0.3 is 10.1 Å². The van der Waals surface area contributed by atoms with Crippen molar-refractivity contribution in [3.63, 3.8) is 0 Å². The maximum atomic E-state index is 12.5. The Labute approximate surface area is 118 Å². The van der Waals surface area contributed by atoms with Gasteiger partial charge in [0.25, 0.3) is 0 Å². The van der Waals surface area contributed by atoms with Crippen LogP contribution in [-0.4, -0.2) is 26.2 Å². The summed E-state index contributed by atoms with van der Waals surface area (Å²) in [6.45, 7) is 0.717. The molecule has 0 bridgehead atoms. The fourth-order valence-electron chi connectivity index (χ4n) is 1.29. The van der Waals surface area contributed by atoms with Gasteiger partial charge in [-0.05, 0) is 18.2 Å². The molecule has 0 unspecified atom stereocenters. The maximum absolute atomic E-state index is 12.5. The van der Waals surface area contributed by atoms with Crippen molar-refractivity contribution in [2.24, 2.45) is 10.8 Å². The number of nitrogens with two attached hydrogens (primary N) is 1. The van der Waals surface area contributed by atoms with Crippen LogP contribution >= 0.6 is 11.6 Å². The molecule has 0 aliphatic rings. The molecule has 0 aliphatic heterocycles. The van der Waals surface area contributed by atoms with E-state index < -0.39 is 11.7 Å². The second-order valence-electron chi connectivity index (χ2n) is 3.68. The average molecular weight is 311 g/mol. The van der Waals surface area contributed by atoms with Crippen LogP contribution in [0.2, 0.25) is 5.02 Å². The van der Waals surface area contributed by atoms with E-state index in [9.17, 15) is 13.2 Å². The largest absolute Gasteiger partial charge is 0.416 e. The number of hydrazine groups is 1. The molecular formula is C11H14ClF3N4O. The molecule has 4 N–H and O–H groups in total. The Morgan fingerprint density at radius 2 is 2.15 bits per heavy atom. The van der Waals surface area contributed by atoms with Crippen LogP contribution in [0.1, 0.15) is 5.56 Å². The zero-order valence-corrected chi connectivity index (χ0v) is 11.3. The number of halogens is 4. The minimum absolute atomic E-state index is 0.0884. The molecule has 112 valence electrons. The van der Waals surface area contributed by atoms with Gasteiger partial charge in [-0.2, -0.15) is 13.2 Å². The number of nitrogens with one attached hydrogen (secondary N) is 2. The summed E-state index contributed by atoms with van der Waals surface area (Å²) in [4.78, 5) is 4.00. The number of aliphatic imine (C=N–C) groups is 1. The molecule has 1 aromatic rings. The Bertz CT molecular complexity index is 479. The summed E-state index contributed by atoms with van der Waals surface area (Å²) in [7, 11) is 1.52. The smallest absolute Gasteiger partial charge is 0.383 e. The molecule has 0 saturated carbocycles. The Balaban J connectivity index is 2.84. The molecule has 0 radical (unpaired) electrons. The fourth-order valence-corrected chi connectivity index (χ4v) is 1.52. The lowest BCUT2D eigenvalue weighted by molar-refractivity contribution is -0.137. The van der Waals surface area contributed by atoms with E-state index in [1.54, 1.807) is 0 Å². The first-order valence-corrected chi connectivity index (χ1v) is 5.90. The number of guanidine groups is 1. The first-order chi connectivity index (χ1) is 9.38. The van der Waals surface area contributed by atoms with Crippen molar-refractivity contribution in [3.05, 3.63) is 28.8 Å². The number of benzene rings is 1. The van der Waals surface area contributed by atoms with E-state index >= 15 is 0 Å². The molecule has 1 aromatic carbocycles. The van der Waals surface area contributed by atoms with E-state index in [1.165, 1.54) is 13.2 Å². The van der Waals surface area contributed by atoms with Crippen molar-refractivity contribution in [1.82, 2.24) is 5.43 Å². The van der Waals surface area contributed by atoms with Gasteiger partial charge in [0.2, 0.25) is 5.96 Å². The van der Waals surface area contributed by atoms with Crippen molar-refractivity contribution >= 4 is 23.2 Å². The standard InChI is InChI=1S/C11H14ClF3N4O/c1-20-5-4-17-10(19-16)18-9-3-2-7(6-8(9)12)11(13,14)15/h2-3,6H,4-5,16H2,1H3,(H2,17,18,19). The van der Waals surface area contributed by atoms with Crippen LogP contribution in [0.5, 0.6) is 0 Å². The molecule has 0 heterocycles. The van der Waals surface area contributed by atoms with E-state index in [-0.39, 0.29) is 16.7 Å².